The molecule has 62 nitrogen and oxygen atoms in total. The number of nitrogens with two attached hydrogens (primary N) is 4. The molecule has 7 aliphatic rings. The highest BCUT2D eigenvalue weighted by Crippen LogP contribution is 2.59. The predicted octanol–water partition coefficient (Wildman–Crippen LogP) is -0.516. The Balaban J connectivity index is 0.597. The number of nitrogens with zero attached hydrogens (tertiary/aromatic N) is 14. The minimum absolute atomic E-state index is 0.0265. The number of fused-ring (bicyclic) bond motifs is 3. The number of ether oxygens (including phenoxy) is 7. The third-order valence-corrected chi connectivity index (χ3v) is 35.9. The molecule has 0 radical (unpaired) electrons. The molecule has 7 fully saturated rings. The van der Waals surface area contributed by atoms with E-state index in [0.717, 1.165) is 31.6 Å². The monoisotopic (exact) mass is 2360 g/mol. The number of nitrogen functional groups attached to an aromatic ring is 4. The molecule has 10 aromatic rings. The predicted molar refractivity (Wildman–Crippen MR) is 540 cm³/mol. The van der Waals surface area contributed by atoms with Gasteiger partial charge in [-0.15, -0.1) is 0 Å². The van der Waals surface area contributed by atoms with E-state index in [1.807, 2.05) is 0 Å². The number of H-pyrrole nitrogens is 6. The first-order chi connectivity index (χ1) is 70.0. The normalized spacial score (nSPS) is 29.6. The van der Waals surface area contributed by atoms with Crippen molar-refractivity contribution in [2.45, 2.75) is 216 Å². The fourth-order valence-corrected chi connectivity index (χ4v) is 27.4. The van der Waals surface area contributed by atoms with Crippen LogP contribution >= 0.6 is 47.0 Å². The van der Waals surface area contributed by atoms with Crippen molar-refractivity contribution in [1.82, 2.24) is 96.8 Å². The molecule has 0 amide bonds. The molecule has 0 spiro atoms. The van der Waals surface area contributed by atoms with Gasteiger partial charge in [0.25, 0.3) is 33.4 Å². The zero-order valence-electron chi connectivity index (χ0n) is 78.3. The van der Waals surface area contributed by atoms with E-state index in [9.17, 15) is 82.2 Å². The van der Waals surface area contributed by atoms with Crippen LogP contribution < -0.4 is 79.0 Å². The van der Waals surface area contributed by atoms with E-state index in [-0.39, 0.29) is 112 Å². The van der Waals surface area contributed by atoms with Gasteiger partial charge >= 0.3 is 69.8 Å². The molecular weight excluding hydrogens is 2260 g/mol. The molecule has 149 heavy (non-hydrogen) atoms. The minimum Gasteiger partial charge on any atom is -0.383 e. The van der Waals surface area contributed by atoms with Crippen molar-refractivity contribution < 1.29 is 131 Å². The second-order valence-corrected chi connectivity index (χ2v) is 54.6. The lowest BCUT2D eigenvalue weighted by Gasteiger charge is -2.29. The third kappa shape index (κ3) is 25.8. The minimum atomic E-state index is -4.81. The zero-order valence-corrected chi connectivity index (χ0v) is 90.3. The maximum atomic E-state index is 13.6. The summed E-state index contributed by atoms with van der Waals surface area (Å²) >= 11 is 39.1. The van der Waals surface area contributed by atoms with Gasteiger partial charge in [0.1, 0.15) is 92.1 Å². The lowest BCUT2D eigenvalue weighted by atomic mass is 10.0. The maximum Gasteiger partial charge on any atom is 0.351 e. The number of aryl methyl sites for hydroxylation is 4. The van der Waals surface area contributed by atoms with Crippen molar-refractivity contribution in [2.75, 3.05) is 69.7 Å². The highest BCUT2D eigenvalue weighted by Gasteiger charge is 2.53. The van der Waals surface area contributed by atoms with E-state index < -0.39 is 284 Å². The molecule has 0 aromatic carbocycles. The Morgan fingerprint density at radius 1 is 0.349 bits per heavy atom. The first-order valence-corrected chi connectivity index (χ1v) is 62.8. The van der Waals surface area contributed by atoms with Crippen LogP contribution in [-0.2, 0) is 179 Å². The van der Waals surface area contributed by atoms with E-state index in [4.69, 9.17) is 202 Å². The van der Waals surface area contributed by atoms with E-state index in [1.165, 1.54) is 79.0 Å². The van der Waals surface area contributed by atoms with Crippen LogP contribution in [0.5, 0.6) is 0 Å². The van der Waals surface area contributed by atoms with Gasteiger partial charge in [0.2, 0.25) is 17.8 Å². The summed E-state index contributed by atoms with van der Waals surface area (Å²) in [6.07, 6.45) is -20.5. The smallest absolute Gasteiger partial charge is 0.351 e. The van der Waals surface area contributed by atoms with Gasteiger partial charge in [0.15, 0.2) is 33.5 Å². The van der Waals surface area contributed by atoms with Gasteiger partial charge in [-0.25, -0.2) is 34.1 Å². The molecule has 7 aliphatic heterocycles. The summed E-state index contributed by atoms with van der Waals surface area (Å²) in [6, 6.07) is 0. The molecule has 8 unspecified atom stereocenters. The molecule has 0 bridgehead atoms. The van der Waals surface area contributed by atoms with Crippen molar-refractivity contribution >= 4 is 187 Å². The van der Waals surface area contributed by atoms with Crippen LogP contribution in [0.15, 0.2) is 91.7 Å². The number of hydrogen-bond donors (Lipinski definition) is 17. The van der Waals surface area contributed by atoms with Crippen LogP contribution in [0.4, 0.5) is 23.7 Å². The van der Waals surface area contributed by atoms with E-state index >= 15 is 0 Å². The Morgan fingerprint density at radius 3 is 0.940 bits per heavy atom. The Bertz CT molecular complexity index is 7850. The molecule has 0 aliphatic carbocycles. The average molecular weight is 2360 g/mol. The topological polar surface area (TPSA) is 830 Å². The number of rotatable bonds is 41. The number of imidazole rings is 3. The largest absolute Gasteiger partial charge is 0.383 e. The Hall–Kier alpha value is -7.40. The van der Waals surface area contributed by atoms with Crippen molar-refractivity contribution in [3.63, 3.8) is 0 Å². The number of aromatic amines is 6. The fraction of sp³-hybridized carbons (Fsp3) is 0.575. The van der Waals surface area contributed by atoms with Gasteiger partial charge in [-0.3, -0.25) is 90.6 Å². The lowest BCUT2D eigenvalue weighted by molar-refractivity contribution is -0.0570. The maximum absolute atomic E-state index is 13.6. The van der Waals surface area contributed by atoms with Gasteiger partial charge in [0, 0.05) is 98.6 Å². The molecule has 21 N–H and O–H groups in total. The third-order valence-electron chi connectivity index (χ3n) is 24.7. The van der Waals surface area contributed by atoms with Crippen LogP contribution in [0.1, 0.15) is 125 Å². The molecule has 0 saturated carbocycles. The summed E-state index contributed by atoms with van der Waals surface area (Å²) in [7, 11) is 1.10. The SMILES string of the molecule is CC[C@H]1O[C@@H](n2cc(C)c(=O)[nH]c2=O)C[C@H]1OP(O)(=S)OC[C@H]1O[C@@H](n2cc(C)c(=O)[nH]c2=O)C(C)[C@H]1OP(O)(=S)OC[C@H]1O[C@@H](n2cnc3c(=O)[nH]c(N)nc32)C[C@H]1OP(O)(=S)OC[C@H]1O[C@@H](n2cnc3c(=O)[nH]c(N)nc32)C[C@H]1OP(O)(=S)OC[C@H]1O[C@@H](n2cc(C)c(=O)[nH]c2=O)C[C@H]1OP(O)(=S)OC[C@H]1O[C@@H](n2cnc3c(=O)[nH]c(N)nc32)C[C@H]1OP(O)(=S)OC[C@H]1O[C@@H](n2cc(C)c(N)nc2=O)C[C@H]1OP(O)(=S)OC. The molecule has 17 heterocycles. The van der Waals surface area contributed by atoms with Crippen LogP contribution in [0, 0.1) is 33.6 Å². The molecule has 10 aromatic heterocycles. The fourth-order valence-electron chi connectivity index (χ4n) is 17.5. The van der Waals surface area contributed by atoms with Crippen molar-refractivity contribution in [3.05, 3.63) is 170 Å². The zero-order chi connectivity index (χ0) is 107. The highest BCUT2D eigenvalue weighted by molar-refractivity contribution is 8.09. The molecule has 17 rings (SSSR count). The standard InChI is InChI=1S/C73H97N24O38P7S7/c1-8-33-34(9-46(122-33)92-16-29(3)60(98)88-71(92)105)130-141(113,148)121-24-45-55(32(6)66(128-45)94-18-31(5)62(100)90-73(94)107)135-142(114,149)120-23-44-39(14-51(127-44)97-27-80-54-59(97)84-69(77)87-65(54)103)134-140(112,147)119-22-43-38(13-50(126-43)96-26-79-53-58(96)83-68(76)86-64(53)102)133-139(111,146)117-20-41-36(11-48(124-41)93-17-30(4)61(99)89-72(93)106)131-137(109,144)118-21-42-37(12-49(125-42)95-25-78-52-57(95)82-67(75)85-63(52)101)132-138(110,145)116-19-40-35(129-136(108,143)115-7)10-47(123-40)91-15-28(2)56(74)81-70(91)104/h15-18,25-27,32-51,55,66H,8-14,19-24H2,1-7H3,(H,108,143)(H,109,144)(H,110,145)(H,111,146)(H,112,147)(H,113,148)(H,114,149)(H2,74,81,104)(H,88,98,105)(H,89,99,106)(H,90,100,107)(H3,75,82,85,101)(H3,76,83,86,102)(H3,77,84,87,103)/t32?,33-,34-,35-,36-,37-,38-,39-,40-,41-,42-,43-,44-,45-,46-,47-,48-,49-,50-,51-,55-,66-,136?,137?,138?,139?,140?,141?,142?/m1/s1. The van der Waals surface area contributed by atoms with Crippen molar-refractivity contribution in [2.24, 2.45) is 5.92 Å². The van der Waals surface area contributed by atoms with Crippen LogP contribution in [0.25, 0.3) is 33.5 Å². The highest BCUT2D eigenvalue weighted by atomic mass is 32.5. The second kappa shape index (κ2) is 44.7. The first kappa shape index (κ1) is 113. The van der Waals surface area contributed by atoms with Crippen LogP contribution in [0.3, 0.4) is 0 Å². The summed E-state index contributed by atoms with van der Waals surface area (Å²) in [6.45, 7) is -27.5. The van der Waals surface area contributed by atoms with E-state index in [1.54, 1.807) is 13.8 Å². The molecule has 814 valence electrons. The summed E-state index contributed by atoms with van der Waals surface area (Å²) in [5, 5.41) is 0. The van der Waals surface area contributed by atoms with Gasteiger partial charge < -0.3 is 154 Å². The second-order valence-electron chi connectivity index (χ2n) is 35.0. The Labute approximate surface area is 870 Å². The summed E-state index contributed by atoms with van der Waals surface area (Å²) in [4.78, 5) is 257. The quantitative estimate of drug-likeness (QED) is 0.0214. The van der Waals surface area contributed by atoms with E-state index in [2.05, 4.69) is 64.8 Å². The van der Waals surface area contributed by atoms with Crippen molar-refractivity contribution in [3.8, 4) is 0 Å². The molecule has 76 heteroatoms. The number of nitrogens with one attached hydrogen (secondary N) is 6. The average Bonchev–Trinajstić information content (AvgIpc) is 1.65. The summed E-state index contributed by atoms with van der Waals surface area (Å²) in [5.41, 5.74) is 15.8. The molecule has 29 atom stereocenters. The van der Waals surface area contributed by atoms with Crippen LogP contribution in [-0.4, -0.2) is 263 Å². The summed E-state index contributed by atoms with van der Waals surface area (Å²) in [5.74, 6) is -2.09. The van der Waals surface area contributed by atoms with Gasteiger partial charge in [-0.2, -0.15) is 19.9 Å². The number of anilines is 4. The van der Waals surface area contributed by atoms with E-state index in [0.29, 0.717) is 5.56 Å². The lowest BCUT2D eigenvalue weighted by Crippen LogP contribution is -2.35. The van der Waals surface area contributed by atoms with Crippen LogP contribution in [0.2, 0.25) is 0 Å². The summed E-state index contributed by atoms with van der Waals surface area (Å²) < 4.78 is 137. The van der Waals surface area contributed by atoms with Gasteiger partial charge in [-0.05, 0) is 117 Å². The molecular formula is C73H97N24O38P7S7. The molecule has 7 saturated heterocycles. The number of aromatic nitrogens is 20. The first-order valence-electron chi connectivity index (χ1n) is 44.6. The van der Waals surface area contributed by atoms with Gasteiger partial charge in [0.05, 0.1) is 101 Å². The Kier molecular flexibility index (Phi) is 33.8. The Morgan fingerprint density at radius 2 is 0.617 bits per heavy atom. The van der Waals surface area contributed by atoms with Gasteiger partial charge in [-0.1, -0.05) is 13.8 Å². The van der Waals surface area contributed by atoms with Crippen molar-refractivity contribution in [1.29, 1.82) is 0 Å². The number of hydrogen-bond acceptors (Lipinski definition) is 49.